The van der Waals surface area contributed by atoms with Crippen LogP contribution in [0.5, 0.6) is 0 Å². The fourth-order valence-corrected chi connectivity index (χ4v) is 1.10. The number of ketones is 1. The van der Waals surface area contributed by atoms with Crippen LogP contribution in [0.4, 0.5) is 0 Å². The van der Waals surface area contributed by atoms with E-state index < -0.39 is 0 Å². The number of imidazole rings is 1. The van der Waals surface area contributed by atoms with E-state index in [1.165, 1.54) is 0 Å². The van der Waals surface area contributed by atoms with E-state index in [2.05, 4.69) is 4.98 Å². The molecule has 0 aromatic carbocycles. The van der Waals surface area contributed by atoms with Crippen molar-refractivity contribution < 1.29 is 4.79 Å². The molecule has 3 heteroatoms. The Hall–Kier alpha value is -1.12. The van der Waals surface area contributed by atoms with Crippen molar-refractivity contribution >= 4 is 5.78 Å². The Morgan fingerprint density at radius 2 is 2.33 bits per heavy atom. The van der Waals surface area contributed by atoms with Crippen LogP contribution in [0.3, 0.4) is 0 Å². The molecule has 0 radical (unpaired) electrons. The van der Waals surface area contributed by atoms with Gasteiger partial charge in [0.05, 0.1) is 0 Å². The summed E-state index contributed by atoms with van der Waals surface area (Å²) in [6.07, 6.45) is 4.01. The number of carbonyl (C=O) groups is 1. The largest absolute Gasteiger partial charge is 0.332 e. The molecule has 12 heavy (non-hydrogen) atoms. The van der Waals surface area contributed by atoms with E-state index >= 15 is 0 Å². The summed E-state index contributed by atoms with van der Waals surface area (Å²) in [6.45, 7) is 4.06. The molecule has 1 aromatic rings. The lowest BCUT2D eigenvalue weighted by Crippen LogP contribution is -2.09. The minimum absolute atomic E-state index is 0.123. The third-order valence-electron chi connectivity index (χ3n) is 1.66. The average Bonchev–Trinajstić information content (AvgIpc) is 2.33. The maximum atomic E-state index is 11.5. The SMILES string of the molecule is CC(C)CC(=O)c1nccn1C. The molecule has 0 bridgehead atoms. The van der Waals surface area contributed by atoms with Crippen LogP contribution in [-0.4, -0.2) is 15.3 Å². The number of aryl methyl sites for hydroxylation is 1. The van der Waals surface area contributed by atoms with E-state index in [9.17, 15) is 4.79 Å². The number of hydrogen-bond acceptors (Lipinski definition) is 2. The quantitative estimate of drug-likeness (QED) is 0.640. The zero-order valence-electron chi connectivity index (χ0n) is 7.74. The molecular weight excluding hydrogens is 152 g/mol. The molecule has 0 aliphatic heterocycles. The Labute approximate surface area is 72.4 Å². The van der Waals surface area contributed by atoms with Gasteiger partial charge in [-0.05, 0) is 5.92 Å². The van der Waals surface area contributed by atoms with Crippen molar-refractivity contribution in [2.24, 2.45) is 13.0 Å². The van der Waals surface area contributed by atoms with E-state index in [0.717, 1.165) is 0 Å². The van der Waals surface area contributed by atoms with Gasteiger partial charge in [-0.15, -0.1) is 0 Å². The average molecular weight is 166 g/mol. The van der Waals surface area contributed by atoms with Crippen molar-refractivity contribution in [1.82, 2.24) is 9.55 Å². The number of rotatable bonds is 3. The van der Waals surface area contributed by atoms with Crippen molar-refractivity contribution in [3.8, 4) is 0 Å². The maximum Gasteiger partial charge on any atom is 0.198 e. The van der Waals surface area contributed by atoms with Gasteiger partial charge in [-0.1, -0.05) is 13.8 Å². The van der Waals surface area contributed by atoms with Crippen molar-refractivity contribution in [1.29, 1.82) is 0 Å². The third kappa shape index (κ3) is 1.94. The number of hydrogen-bond donors (Lipinski definition) is 0. The molecule has 0 unspecified atom stereocenters. The molecule has 0 amide bonds. The predicted octanol–water partition coefficient (Wildman–Crippen LogP) is 1.65. The summed E-state index contributed by atoms with van der Waals surface area (Å²) < 4.78 is 1.75. The molecule has 0 aliphatic carbocycles. The minimum Gasteiger partial charge on any atom is -0.332 e. The summed E-state index contributed by atoms with van der Waals surface area (Å²) in [7, 11) is 1.83. The fraction of sp³-hybridized carbons (Fsp3) is 0.556. The highest BCUT2D eigenvalue weighted by atomic mass is 16.1. The highest BCUT2D eigenvalue weighted by Crippen LogP contribution is 2.06. The molecule has 0 spiro atoms. The van der Waals surface area contributed by atoms with E-state index in [-0.39, 0.29) is 5.78 Å². The molecule has 0 saturated carbocycles. The van der Waals surface area contributed by atoms with Crippen LogP contribution in [0, 0.1) is 5.92 Å². The van der Waals surface area contributed by atoms with Crippen molar-refractivity contribution in [3.63, 3.8) is 0 Å². The van der Waals surface area contributed by atoms with Crippen LogP contribution in [0.1, 0.15) is 30.9 Å². The molecule has 66 valence electrons. The summed E-state index contributed by atoms with van der Waals surface area (Å²) >= 11 is 0. The first kappa shape index (κ1) is 8.97. The molecule has 0 N–H and O–H groups in total. The van der Waals surface area contributed by atoms with Crippen LogP contribution < -0.4 is 0 Å². The first-order chi connectivity index (χ1) is 5.61. The molecule has 0 saturated heterocycles. The standard InChI is InChI=1S/C9H14N2O/c1-7(2)6-8(12)9-10-4-5-11(9)3/h4-5,7H,6H2,1-3H3. The highest BCUT2D eigenvalue weighted by Gasteiger charge is 2.11. The van der Waals surface area contributed by atoms with Gasteiger partial charge < -0.3 is 4.57 Å². The van der Waals surface area contributed by atoms with Crippen molar-refractivity contribution in [2.75, 3.05) is 0 Å². The molecule has 1 heterocycles. The number of Topliss-reactive ketones (excluding diaryl/α,β-unsaturated/α-hetero) is 1. The van der Waals surface area contributed by atoms with Gasteiger partial charge >= 0.3 is 0 Å². The van der Waals surface area contributed by atoms with E-state index in [1.54, 1.807) is 17.0 Å². The zero-order chi connectivity index (χ0) is 9.14. The fourth-order valence-electron chi connectivity index (χ4n) is 1.10. The van der Waals surface area contributed by atoms with Crippen LogP contribution >= 0.6 is 0 Å². The van der Waals surface area contributed by atoms with Crippen molar-refractivity contribution in [3.05, 3.63) is 18.2 Å². The van der Waals surface area contributed by atoms with Gasteiger partial charge in [0.1, 0.15) is 0 Å². The van der Waals surface area contributed by atoms with Gasteiger partial charge in [-0.25, -0.2) is 4.98 Å². The van der Waals surface area contributed by atoms with Crippen molar-refractivity contribution in [2.45, 2.75) is 20.3 Å². The van der Waals surface area contributed by atoms with Gasteiger partial charge in [0.25, 0.3) is 0 Å². The summed E-state index contributed by atoms with van der Waals surface area (Å²) in [4.78, 5) is 15.4. The molecule has 1 rings (SSSR count). The second-order valence-electron chi connectivity index (χ2n) is 3.38. The minimum atomic E-state index is 0.123. The summed E-state index contributed by atoms with van der Waals surface area (Å²) in [5.74, 6) is 1.08. The first-order valence-corrected chi connectivity index (χ1v) is 4.11. The zero-order valence-corrected chi connectivity index (χ0v) is 7.74. The predicted molar refractivity (Wildman–Crippen MR) is 47.0 cm³/mol. The van der Waals surface area contributed by atoms with Crippen LogP contribution in [0.2, 0.25) is 0 Å². The monoisotopic (exact) mass is 166 g/mol. The van der Waals surface area contributed by atoms with Crippen LogP contribution in [-0.2, 0) is 7.05 Å². The van der Waals surface area contributed by atoms with E-state index in [4.69, 9.17) is 0 Å². The number of aromatic nitrogens is 2. The molecule has 0 atom stereocenters. The molecule has 3 nitrogen and oxygen atoms in total. The Morgan fingerprint density at radius 3 is 2.75 bits per heavy atom. The van der Waals surface area contributed by atoms with Gasteiger partial charge in [-0.2, -0.15) is 0 Å². The van der Waals surface area contributed by atoms with Crippen LogP contribution in [0.15, 0.2) is 12.4 Å². The summed E-state index contributed by atoms with van der Waals surface area (Å²) in [5.41, 5.74) is 0. The lowest BCUT2D eigenvalue weighted by Gasteiger charge is -2.02. The lowest BCUT2D eigenvalue weighted by atomic mass is 10.1. The second-order valence-corrected chi connectivity index (χ2v) is 3.38. The third-order valence-corrected chi connectivity index (χ3v) is 1.66. The van der Waals surface area contributed by atoms with Gasteiger partial charge in [0, 0.05) is 25.9 Å². The Kier molecular flexibility index (Phi) is 2.63. The molecule has 0 fully saturated rings. The lowest BCUT2D eigenvalue weighted by molar-refractivity contribution is 0.0954. The van der Waals surface area contributed by atoms with Gasteiger partial charge in [-0.3, -0.25) is 4.79 Å². The highest BCUT2D eigenvalue weighted by molar-refractivity contribution is 5.92. The number of carbonyl (C=O) groups excluding carboxylic acids is 1. The molecule has 1 aromatic heterocycles. The smallest absolute Gasteiger partial charge is 0.198 e. The summed E-state index contributed by atoms with van der Waals surface area (Å²) in [6, 6.07) is 0. The second kappa shape index (κ2) is 3.52. The molecule has 0 aliphatic rings. The molecular formula is C9H14N2O. The first-order valence-electron chi connectivity index (χ1n) is 4.11. The Balaban J connectivity index is 2.72. The Morgan fingerprint density at radius 1 is 1.67 bits per heavy atom. The van der Waals surface area contributed by atoms with Gasteiger partial charge in [0.15, 0.2) is 11.6 Å². The van der Waals surface area contributed by atoms with Gasteiger partial charge in [0.2, 0.25) is 0 Å². The maximum absolute atomic E-state index is 11.5. The normalized spacial score (nSPS) is 10.7. The topological polar surface area (TPSA) is 34.9 Å². The number of nitrogens with zero attached hydrogens (tertiary/aromatic N) is 2. The van der Waals surface area contributed by atoms with Crippen LogP contribution in [0.25, 0.3) is 0 Å². The summed E-state index contributed by atoms with van der Waals surface area (Å²) in [5, 5.41) is 0. The Bertz CT molecular complexity index is 276. The van der Waals surface area contributed by atoms with E-state index in [0.29, 0.717) is 18.2 Å². The van der Waals surface area contributed by atoms with E-state index in [1.807, 2.05) is 20.9 Å².